The Kier molecular flexibility index (Phi) is 4.68. The van der Waals surface area contributed by atoms with Gasteiger partial charge in [0.25, 0.3) is 5.91 Å². The molecule has 27 heavy (non-hydrogen) atoms. The number of pyridine rings is 1. The van der Waals surface area contributed by atoms with Crippen LogP contribution in [0.1, 0.15) is 18.2 Å². The fraction of sp³-hybridized carbons (Fsp3) is 0.312. The molecule has 2 aromatic rings. The molecule has 11 heteroatoms. The molecule has 2 aromatic heterocycles. The topological polar surface area (TPSA) is 97.3 Å². The molecule has 1 atom stereocenters. The number of rotatable bonds is 5. The number of hydrogen-bond acceptors (Lipinski definition) is 6. The Morgan fingerprint density at radius 1 is 1.22 bits per heavy atom. The maximum absolute atomic E-state index is 12.7. The Hall–Kier alpha value is -3.24. The van der Waals surface area contributed by atoms with Gasteiger partial charge in [-0.3, -0.25) is 14.7 Å². The number of aromatic nitrogens is 3. The van der Waals surface area contributed by atoms with E-state index in [1.54, 1.807) is 25.3 Å². The van der Waals surface area contributed by atoms with E-state index in [1.165, 1.54) is 18.3 Å². The van der Waals surface area contributed by atoms with Crippen molar-refractivity contribution in [2.24, 2.45) is 0 Å². The smallest absolute Gasteiger partial charge is 0.422 e. The van der Waals surface area contributed by atoms with E-state index >= 15 is 0 Å². The van der Waals surface area contributed by atoms with Crippen LogP contribution in [0.4, 0.5) is 18.0 Å². The average molecular weight is 381 g/mol. The monoisotopic (exact) mass is 381 g/mol. The molecule has 3 rings (SSSR count). The van der Waals surface area contributed by atoms with Crippen molar-refractivity contribution in [2.75, 3.05) is 6.61 Å². The van der Waals surface area contributed by atoms with Crippen molar-refractivity contribution < 1.29 is 27.5 Å². The second-order valence-corrected chi connectivity index (χ2v) is 5.95. The largest absolute Gasteiger partial charge is 0.467 e. The first kappa shape index (κ1) is 18.5. The molecule has 1 aliphatic rings. The number of urea groups is 1. The molecule has 0 spiro atoms. The molecule has 8 nitrogen and oxygen atoms in total. The highest BCUT2D eigenvalue weighted by Crippen LogP contribution is 2.29. The van der Waals surface area contributed by atoms with Crippen molar-refractivity contribution in [1.82, 2.24) is 25.4 Å². The number of ether oxygens (including phenoxy) is 1. The first-order chi connectivity index (χ1) is 12.7. The summed E-state index contributed by atoms with van der Waals surface area (Å²) in [4.78, 5) is 29.9. The van der Waals surface area contributed by atoms with Gasteiger partial charge in [0.05, 0.1) is 12.2 Å². The van der Waals surface area contributed by atoms with E-state index in [0.717, 1.165) is 4.90 Å². The van der Waals surface area contributed by atoms with E-state index in [1.807, 2.05) is 0 Å². The third-order valence-electron chi connectivity index (χ3n) is 3.91. The second-order valence-electron chi connectivity index (χ2n) is 5.95. The molecule has 3 heterocycles. The average Bonchev–Trinajstić information content (AvgIpc) is 2.85. The van der Waals surface area contributed by atoms with Gasteiger partial charge in [0.15, 0.2) is 6.61 Å². The SMILES string of the molecule is CC1(c2cccnc2)NC(=O)N(Cc2ccc(OCC(F)(F)F)nn2)C1=O. The molecular formula is C16H14F3N5O3. The van der Waals surface area contributed by atoms with E-state index in [9.17, 15) is 22.8 Å². The molecule has 1 N–H and O–H groups in total. The van der Waals surface area contributed by atoms with Crippen LogP contribution in [0, 0.1) is 0 Å². The summed E-state index contributed by atoms with van der Waals surface area (Å²) in [6, 6.07) is 5.21. The van der Waals surface area contributed by atoms with Crippen LogP contribution in [0.25, 0.3) is 0 Å². The van der Waals surface area contributed by atoms with Crippen LogP contribution in [0.2, 0.25) is 0 Å². The lowest BCUT2D eigenvalue weighted by Crippen LogP contribution is -2.40. The van der Waals surface area contributed by atoms with Crippen molar-refractivity contribution in [3.05, 3.63) is 47.9 Å². The standard InChI is InChI=1S/C16H14F3N5O3/c1-15(10-3-2-6-20-7-10)13(25)24(14(26)21-15)8-11-4-5-12(23-22-11)27-9-16(17,18)19/h2-7H,8-9H2,1H3,(H,21,26). The maximum Gasteiger partial charge on any atom is 0.422 e. The number of nitrogens with one attached hydrogen (secondary N) is 1. The van der Waals surface area contributed by atoms with Crippen LogP contribution in [0.3, 0.4) is 0 Å². The van der Waals surface area contributed by atoms with Gasteiger partial charge in [0, 0.05) is 24.0 Å². The lowest BCUT2D eigenvalue weighted by atomic mass is 9.93. The van der Waals surface area contributed by atoms with Gasteiger partial charge in [-0.1, -0.05) is 6.07 Å². The number of nitrogens with zero attached hydrogens (tertiary/aromatic N) is 4. The Bertz CT molecular complexity index is 845. The summed E-state index contributed by atoms with van der Waals surface area (Å²) >= 11 is 0. The zero-order valence-electron chi connectivity index (χ0n) is 14.0. The predicted molar refractivity (Wildman–Crippen MR) is 84.3 cm³/mol. The number of imide groups is 1. The van der Waals surface area contributed by atoms with Gasteiger partial charge in [-0.25, -0.2) is 4.79 Å². The van der Waals surface area contributed by atoms with Crippen LogP contribution in [0.5, 0.6) is 5.88 Å². The number of alkyl halides is 3. The Morgan fingerprint density at radius 3 is 2.59 bits per heavy atom. The summed E-state index contributed by atoms with van der Waals surface area (Å²) in [6.07, 6.45) is -1.46. The van der Waals surface area contributed by atoms with Gasteiger partial charge < -0.3 is 10.1 Å². The minimum Gasteiger partial charge on any atom is -0.467 e. The van der Waals surface area contributed by atoms with E-state index in [4.69, 9.17) is 0 Å². The third kappa shape index (κ3) is 3.96. The Labute approximate surface area is 151 Å². The summed E-state index contributed by atoms with van der Waals surface area (Å²) < 4.78 is 40.8. The molecule has 1 aliphatic heterocycles. The normalized spacial score (nSPS) is 19.9. The highest BCUT2D eigenvalue weighted by atomic mass is 19.4. The second kappa shape index (κ2) is 6.82. The summed E-state index contributed by atoms with van der Waals surface area (Å²) in [5.74, 6) is -0.812. The molecule has 3 amide bonds. The lowest BCUT2D eigenvalue weighted by molar-refractivity contribution is -0.154. The van der Waals surface area contributed by atoms with Crippen molar-refractivity contribution in [2.45, 2.75) is 25.2 Å². The van der Waals surface area contributed by atoms with Gasteiger partial charge in [-0.2, -0.15) is 13.2 Å². The number of carbonyl (C=O) groups is 2. The van der Waals surface area contributed by atoms with Crippen molar-refractivity contribution >= 4 is 11.9 Å². The zero-order chi connectivity index (χ0) is 19.7. The van der Waals surface area contributed by atoms with Crippen LogP contribution >= 0.6 is 0 Å². The molecule has 1 unspecified atom stereocenters. The van der Waals surface area contributed by atoms with E-state index in [0.29, 0.717) is 5.56 Å². The summed E-state index contributed by atoms with van der Waals surface area (Å²) in [5.41, 5.74) is -0.532. The molecule has 0 aromatic carbocycles. The highest BCUT2D eigenvalue weighted by Gasteiger charge is 2.49. The van der Waals surface area contributed by atoms with Gasteiger partial charge in [0.2, 0.25) is 5.88 Å². The lowest BCUT2D eigenvalue weighted by Gasteiger charge is -2.21. The summed E-state index contributed by atoms with van der Waals surface area (Å²) in [7, 11) is 0. The maximum atomic E-state index is 12.7. The molecule has 0 aliphatic carbocycles. The fourth-order valence-electron chi connectivity index (χ4n) is 2.52. The molecule has 0 bridgehead atoms. The first-order valence-corrected chi connectivity index (χ1v) is 7.76. The summed E-state index contributed by atoms with van der Waals surface area (Å²) in [6.45, 7) is -0.116. The van der Waals surface area contributed by atoms with Gasteiger partial charge in [0.1, 0.15) is 5.54 Å². The van der Waals surface area contributed by atoms with Crippen molar-refractivity contribution in [3.63, 3.8) is 0 Å². The number of amides is 3. The van der Waals surface area contributed by atoms with Crippen LogP contribution in [0.15, 0.2) is 36.7 Å². The summed E-state index contributed by atoms with van der Waals surface area (Å²) in [5, 5.41) is 9.83. The van der Waals surface area contributed by atoms with E-state index in [-0.39, 0.29) is 18.1 Å². The molecule has 0 radical (unpaired) electrons. The van der Waals surface area contributed by atoms with E-state index < -0.39 is 30.3 Å². The predicted octanol–water partition coefficient (Wildman–Crippen LogP) is 1.78. The highest BCUT2D eigenvalue weighted by molar-refractivity contribution is 6.07. The number of halogens is 3. The Morgan fingerprint density at radius 2 is 2.00 bits per heavy atom. The Balaban J connectivity index is 1.71. The molecule has 1 saturated heterocycles. The van der Waals surface area contributed by atoms with Crippen LogP contribution in [-0.2, 0) is 16.9 Å². The fourth-order valence-corrected chi connectivity index (χ4v) is 2.52. The van der Waals surface area contributed by atoms with Crippen molar-refractivity contribution in [3.8, 4) is 5.88 Å². The first-order valence-electron chi connectivity index (χ1n) is 7.76. The minimum atomic E-state index is -4.49. The zero-order valence-corrected chi connectivity index (χ0v) is 14.0. The van der Waals surface area contributed by atoms with Gasteiger partial charge in [-0.15, -0.1) is 10.2 Å². The number of carbonyl (C=O) groups excluding carboxylic acids is 2. The number of hydrogen-bond donors (Lipinski definition) is 1. The third-order valence-corrected chi connectivity index (χ3v) is 3.91. The van der Waals surface area contributed by atoms with E-state index in [2.05, 4.69) is 25.2 Å². The van der Waals surface area contributed by atoms with Gasteiger partial charge in [-0.05, 0) is 19.1 Å². The minimum absolute atomic E-state index is 0.187. The molecular weight excluding hydrogens is 367 g/mol. The van der Waals surface area contributed by atoms with Crippen molar-refractivity contribution in [1.29, 1.82) is 0 Å². The van der Waals surface area contributed by atoms with Crippen LogP contribution in [-0.4, -0.2) is 44.8 Å². The molecule has 142 valence electrons. The van der Waals surface area contributed by atoms with Crippen LogP contribution < -0.4 is 10.1 Å². The van der Waals surface area contributed by atoms with Gasteiger partial charge >= 0.3 is 12.2 Å². The molecule has 0 saturated carbocycles. The quantitative estimate of drug-likeness (QED) is 0.793. The molecule has 1 fully saturated rings.